The number of hydrogen-bond acceptors (Lipinski definition) is 5. The van der Waals surface area contributed by atoms with Crippen molar-refractivity contribution >= 4 is 34.3 Å². The third-order valence-corrected chi connectivity index (χ3v) is 6.15. The van der Waals surface area contributed by atoms with Crippen LogP contribution in [0.2, 0.25) is 0 Å². The molecule has 0 spiro atoms. The van der Waals surface area contributed by atoms with Gasteiger partial charge in [0.25, 0.3) is 5.56 Å². The van der Waals surface area contributed by atoms with Crippen LogP contribution in [0.15, 0.2) is 64.5 Å². The van der Waals surface area contributed by atoms with Gasteiger partial charge in [0.1, 0.15) is 0 Å². The predicted octanol–water partition coefficient (Wildman–Crippen LogP) is 3.81. The number of benzene rings is 2. The standard InChI is InChI=1S/C23H25N5O2S/c1-3-4-14-27-21(30)18-12-8-9-13-19(18)28-22(27)25-26-23(28)31-15-20(29)24-16(2)17-10-6-5-7-11-17/h5-13,16H,3-4,14-15H2,1-2H3,(H,24,29). The summed E-state index contributed by atoms with van der Waals surface area (Å²) in [6, 6.07) is 17.2. The van der Waals surface area contributed by atoms with Crippen molar-refractivity contribution in [2.24, 2.45) is 0 Å². The zero-order chi connectivity index (χ0) is 21.8. The lowest BCUT2D eigenvalue weighted by atomic mass is 10.1. The summed E-state index contributed by atoms with van der Waals surface area (Å²) in [5, 5.41) is 12.8. The van der Waals surface area contributed by atoms with Gasteiger partial charge >= 0.3 is 0 Å². The number of nitrogens with one attached hydrogen (secondary N) is 1. The molecule has 2 aromatic heterocycles. The van der Waals surface area contributed by atoms with Crippen molar-refractivity contribution in [1.82, 2.24) is 24.5 Å². The zero-order valence-electron chi connectivity index (χ0n) is 17.6. The number of hydrogen-bond donors (Lipinski definition) is 1. The normalized spacial score (nSPS) is 12.3. The number of nitrogens with zero attached hydrogens (tertiary/aromatic N) is 4. The first-order valence-electron chi connectivity index (χ1n) is 10.4. The summed E-state index contributed by atoms with van der Waals surface area (Å²) in [4.78, 5) is 25.5. The van der Waals surface area contributed by atoms with E-state index in [0.29, 0.717) is 22.9 Å². The number of thioether (sulfide) groups is 1. The highest BCUT2D eigenvalue weighted by Crippen LogP contribution is 2.22. The van der Waals surface area contributed by atoms with Crippen LogP contribution in [0, 0.1) is 0 Å². The molecular weight excluding hydrogens is 410 g/mol. The van der Waals surface area contributed by atoms with Gasteiger partial charge in [0.05, 0.1) is 22.7 Å². The fourth-order valence-electron chi connectivity index (χ4n) is 3.58. The minimum atomic E-state index is -0.0817. The number of aromatic nitrogens is 4. The Hall–Kier alpha value is -3.13. The maximum Gasteiger partial charge on any atom is 0.262 e. The number of amides is 1. The molecule has 2 aromatic carbocycles. The van der Waals surface area contributed by atoms with Crippen LogP contribution >= 0.6 is 11.8 Å². The highest BCUT2D eigenvalue weighted by molar-refractivity contribution is 7.99. The number of carbonyl (C=O) groups is 1. The van der Waals surface area contributed by atoms with E-state index in [-0.39, 0.29) is 23.3 Å². The van der Waals surface area contributed by atoms with Crippen LogP contribution in [0.3, 0.4) is 0 Å². The second-order valence-corrected chi connectivity index (χ2v) is 8.38. The van der Waals surface area contributed by atoms with Gasteiger partial charge in [-0.1, -0.05) is 67.6 Å². The van der Waals surface area contributed by atoms with Crippen molar-refractivity contribution in [2.75, 3.05) is 5.75 Å². The summed E-state index contributed by atoms with van der Waals surface area (Å²) in [5.41, 5.74) is 1.75. The SMILES string of the molecule is CCCCn1c(=O)c2ccccc2n2c(SCC(=O)NC(C)c3ccccc3)nnc12. The second kappa shape index (κ2) is 9.34. The van der Waals surface area contributed by atoms with Gasteiger partial charge in [0, 0.05) is 6.54 Å². The fourth-order valence-corrected chi connectivity index (χ4v) is 4.33. The third-order valence-electron chi connectivity index (χ3n) is 5.22. The first-order valence-corrected chi connectivity index (χ1v) is 11.4. The number of aryl methyl sites for hydroxylation is 1. The summed E-state index contributed by atoms with van der Waals surface area (Å²) >= 11 is 1.32. The summed E-state index contributed by atoms with van der Waals surface area (Å²) in [6.07, 6.45) is 1.85. The van der Waals surface area contributed by atoms with Crippen molar-refractivity contribution in [2.45, 2.75) is 44.4 Å². The topological polar surface area (TPSA) is 81.3 Å². The Balaban J connectivity index is 1.60. The van der Waals surface area contributed by atoms with E-state index in [1.54, 1.807) is 4.57 Å². The number of rotatable bonds is 8. The lowest BCUT2D eigenvalue weighted by Gasteiger charge is -2.14. The largest absolute Gasteiger partial charge is 0.349 e. The predicted molar refractivity (Wildman–Crippen MR) is 123 cm³/mol. The monoisotopic (exact) mass is 435 g/mol. The van der Waals surface area contributed by atoms with Crippen LogP contribution in [0.5, 0.6) is 0 Å². The molecule has 0 saturated carbocycles. The molecule has 0 aliphatic rings. The Morgan fingerprint density at radius 2 is 1.84 bits per heavy atom. The van der Waals surface area contributed by atoms with Crippen molar-refractivity contribution in [3.63, 3.8) is 0 Å². The van der Waals surface area contributed by atoms with Gasteiger partial charge in [-0.25, -0.2) is 0 Å². The number of para-hydroxylation sites is 1. The molecule has 0 fully saturated rings. The van der Waals surface area contributed by atoms with Crippen LogP contribution in [0.25, 0.3) is 16.7 Å². The third kappa shape index (κ3) is 4.34. The average Bonchev–Trinajstić information content (AvgIpc) is 3.22. The molecule has 0 aliphatic heterocycles. The molecule has 2 heterocycles. The molecule has 1 amide bonds. The van der Waals surface area contributed by atoms with Gasteiger partial charge < -0.3 is 5.32 Å². The van der Waals surface area contributed by atoms with Gasteiger partial charge in [-0.05, 0) is 31.0 Å². The number of carbonyl (C=O) groups excluding carboxylic acids is 1. The zero-order valence-corrected chi connectivity index (χ0v) is 18.4. The summed E-state index contributed by atoms with van der Waals surface area (Å²) < 4.78 is 3.56. The fraction of sp³-hybridized carbons (Fsp3) is 0.304. The van der Waals surface area contributed by atoms with E-state index < -0.39 is 0 Å². The van der Waals surface area contributed by atoms with Crippen LogP contribution in [0.4, 0.5) is 0 Å². The van der Waals surface area contributed by atoms with Crippen LogP contribution in [0.1, 0.15) is 38.3 Å². The first-order chi connectivity index (χ1) is 15.1. The van der Waals surface area contributed by atoms with Gasteiger partial charge in [0.15, 0.2) is 5.16 Å². The second-order valence-electron chi connectivity index (χ2n) is 7.43. The van der Waals surface area contributed by atoms with Gasteiger partial charge in [0.2, 0.25) is 11.7 Å². The van der Waals surface area contributed by atoms with Crippen molar-refractivity contribution in [1.29, 1.82) is 0 Å². The van der Waals surface area contributed by atoms with Crippen LogP contribution in [-0.4, -0.2) is 30.8 Å². The Labute approximate surface area is 184 Å². The van der Waals surface area contributed by atoms with Gasteiger partial charge in [-0.2, -0.15) is 0 Å². The van der Waals surface area contributed by atoms with Crippen LogP contribution in [-0.2, 0) is 11.3 Å². The molecule has 0 saturated heterocycles. The minimum Gasteiger partial charge on any atom is -0.349 e. The summed E-state index contributed by atoms with van der Waals surface area (Å²) in [7, 11) is 0. The molecule has 160 valence electrons. The number of fused-ring (bicyclic) bond motifs is 3. The summed E-state index contributed by atoms with van der Waals surface area (Å²) in [5.74, 6) is 0.639. The van der Waals surface area contributed by atoms with Gasteiger partial charge in [-0.15, -0.1) is 10.2 Å². The Morgan fingerprint density at radius 3 is 2.61 bits per heavy atom. The van der Waals surface area contributed by atoms with E-state index in [0.717, 1.165) is 23.9 Å². The maximum absolute atomic E-state index is 13.0. The quantitative estimate of drug-likeness (QED) is 0.426. The first kappa shape index (κ1) is 21.1. The minimum absolute atomic E-state index is 0.0603. The van der Waals surface area contributed by atoms with E-state index in [9.17, 15) is 9.59 Å². The Morgan fingerprint density at radius 1 is 1.10 bits per heavy atom. The molecular formula is C23H25N5O2S. The molecule has 8 heteroatoms. The maximum atomic E-state index is 13.0. The van der Waals surface area contributed by atoms with E-state index in [1.807, 2.05) is 65.9 Å². The molecule has 31 heavy (non-hydrogen) atoms. The molecule has 0 radical (unpaired) electrons. The highest BCUT2D eigenvalue weighted by atomic mass is 32.2. The van der Waals surface area contributed by atoms with Gasteiger partial charge in [-0.3, -0.25) is 18.6 Å². The highest BCUT2D eigenvalue weighted by Gasteiger charge is 2.18. The molecule has 1 atom stereocenters. The van der Waals surface area contributed by atoms with E-state index in [1.165, 1.54) is 11.8 Å². The Bertz CT molecular complexity index is 1270. The summed E-state index contributed by atoms with van der Waals surface area (Å²) in [6.45, 7) is 4.63. The number of unbranched alkanes of at least 4 members (excludes halogenated alkanes) is 1. The van der Waals surface area contributed by atoms with E-state index >= 15 is 0 Å². The lowest BCUT2D eigenvalue weighted by molar-refractivity contribution is -0.119. The molecule has 1 N–H and O–H groups in total. The van der Waals surface area contributed by atoms with Crippen molar-refractivity contribution in [3.8, 4) is 0 Å². The van der Waals surface area contributed by atoms with Crippen molar-refractivity contribution < 1.29 is 4.79 Å². The van der Waals surface area contributed by atoms with E-state index in [2.05, 4.69) is 22.4 Å². The smallest absolute Gasteiger partial charge is 0.262 e. The molecule has 7 nitrogen and oxygen atoms in total. The molecule has 4 rings (SSSR count). The lowest BCUT2D eigenvalue weighted by Crippen LogP contribution is -2.28. The molecule has 0 aliphatic carbocycles. The van der Waals surface area contributed by atoms with Crippen molar-refractivity contribution in [3.05, 3.63) is 70.5 Å². The van der Waals surface area contributed by atoms with E-state index in [4.69, 9.17) is 0 Å². The average molecular weight is 436 g/mol. The molecule has 1 unspecified atom stereocenters. The molecule has 0 bridgehead atoms. The Kier molecular flexibility index (Phi) is 6.36. The van der Waals surface area contributed by atoms with Crippen LogP contribution < -0.4 is 10.9 Å². The molecule has 4 aromatic rings.